The number of aromatic nitrogens is 1. The van der Waals surface area contributed by atoms with E-state index in [1.54, 1.807) is 12.1 Å². The van der Waals surface area contributed by atoms with Crippen LogP contribution in [-0.4, -0.2) is 29.1 Å². The van der Waals surface area contributed by atoms with Crippen LogP contribution in [0.2, 0.25) is 0 Å². The number of para-hydroxylation sites is 1. The molecule has 3 heterocycles. The van der Waals surface area contributed by atoms with E-state index in [9.17, 15) is 4.39 Å². The molecule has 2 aliphatic heterocycles. The summed E-state index contributed by atoms with van der Waals surface area (Å²) in [5.74, 6) is 1.60. The largest absolute Gasteiger partial charge is 0.457 e. The molecule has 3 aromatic carbocycles. The van der Waals surface area contributed by atoms with Gasteiger partial charge in [0.1, 0.15) is 17.3 Å². The van der Waals surface area contributed by atoms with Gasteiger partial charge in [-0.1, -0.05) is 30.3 Å². The predicted octanol–water partition coefficient (Wildman–Crippen LogP) is 6.47. The van der Waals surface area contributed by atoms with E-state index in [0.717, 1.165) is 40.9 Å². The Balaban J connectivity index is 1.58. The number of halogens is 1. The van der Waals surface area contributed by atoms with Gasteiger partial charge in [0.05, 0.1) is 6.04 Å². The third-order valence-electron chi connectivity index (χ3n) is 7.27. The fourth-order valence-electron chi connectivity index (χ4n) is 5.62. The smallest absolute Gasteiger partial charge is 0.133 e. The van der Waals surface area contributed by atoms with Gasteiger partial charge in [-0.3, -0.25) is 0 Å². The molecule has 0 saturated carbocycles. The van der Waals surface area contributed by atoms with Crippen molar-refractivity contribution in [2.45, 2.75) is 38.3 Å². The third kappa shape index (κ3) is 3.05. The number of aryl methyl sites for hydroxylation is 1. The van der Waals surface area contributed by atoms with Crippen LogP contribution in [0.15, 0.2) is 66.9 Å². The minimum absolute atomic E-state index is 0.0147. The minimum Gasteiger partial charge on any atom is -0.457 e. The maximum absolute atomic E-state index is 14.4. The molecular formula is C28H27FN2O. The van der Waals surface area contributed by atoms with E-state index < -0.39 is 0 Å². The summed E-state index contributed by atoms with van der Waals surface area (Å²) in [6.07, 6.45) is 5.63. The highest BCUT2D eigenvalue weighted by Gasteiger charge is 2.32. The second-order valence-electron chi connectivity index (χ2n) is 9.23. The van der Waals surface area contributed by atoms with Crippen LogP contribution >= 0.6 is 0 Å². The van der Waals surface area contributed by atoms with Gasteiger partial charge in [0, 0.05) is 34.3 Å². The lowest BCUT2D eigenvalue weighted by molar-refractivity contribution is 0.309. The van der Waals surface area contributed by atoms with Crippen LogP contribution in [0.1, 0.15) is 41.1 Å². The van der Waals surface area contributed by atoms with Crippen LogP contribution in [0.5, 0.6) is 11.5 Å². The number of fused-ring (bicyclic) bond motifs is 3. The van der Waals surface area contributed by atoms with Gasteiger partial charge in [0.25, 0.3) is 0 Å². The number of likely N-dealkylation sites (tertiary alicyclic amines) is 1. The van der Waals surface area contributed by atoms with Crippen molar-refractivity contribution < 1.29 is 9.13 Å². The van der Waals surface area contributed by atoms with Gasteiger partial charge in [0.15, 0.2) is 0 Å². The number of benzene rings is 3. The van der Waals surface area contributed by atoms with E-state index in [-0.39, 0.29) is 11.9 Å². The fourth-order valence-corrected chi connectivity index (χ4v) is 5.62. The number of rotatable bonds is 3. The van der Waals surface area contributed by atoms with Gasteiger partial charge in [-0.25, -0.2) is 4.39 Å². The van der Waals surface area contributed by atoms with Gasteiger partial charge in [-0.05, 0) is 81.2 Å². The molecular weight excluding hydrogens is 399 g/mol. The normalized spacial score (nSPS) is 20.2. The molecule has 3 nitrogen and oxygen atoms in total. The number of nitrogens with zero attached hydrogens (tertiary/aromatic N) is 2. The van der Waals surface area contributed by atoms with E-state index in [1.165, 1.54) is 29.5 Å². The van der Waals surface area contributed by atoms with Crippen molar-refractivity contribution >= 4 is 10.9 Å². The summed E-state index contributed by atoms with van der Waals surface area (Å²) in [5.41, 5.74) is 5.80. The molecule has 1 unspecified atom stereocenters. The molecule has 0 radical (unpaired) electrons. The zero-order valence-electron chi connectivity index (χ0n) is 18.5. The molecule has 0 bridgehead atoms. The lowest BCUT2D eigenvalue weighted by Gasteiger charge is -2.31. The SMILES string of the molecule is Cc1cccc2c1[C@@H](n1cc(CC3CCCN3C)c3cc(F)ccc31)c1ccccc1O2. The quantitative estimate of drug-likeness (QED) is 0.329. The lowest BCUT2D eigenvalue weighted by atomic mass is 9.91. The van der Waals surface area contributed by atoms with E-state index in [1.807, 2.05) is 30.3 Å². The summed E-state index contributed by atoms with van der Waals surface area (Å²) in [5, 5.41) is 1.02. The van der Waals surface area contributed by atoms with Gasteiger partial charge in [-0.15, -0.1) is 0 Å². The van der Waals surface area contributed by atoms with Crippen LogP contribution in [0.25, 0.3) is 10.9 Å². The Bertz CT molecular complexity index is 1320. The maximum atomic E-state index is 14.4. The van der Waals surface area contributed by atoms with Crippen molar-refractivity contribution in [3.05, 3.63) is 94.9 Å². The summed E-state index contributed by atoms with van der Waals surface area (Å²) < 4.78 is 23.0. The van der Waals surface area contributed by atoms with Gasteiger partial charge < -0.3 is 14.2 Å². The fraction of sp³-hybridized carbons (Fsp3) is 0.286. The molecule has 4 aromatic rings. The Morgan fingerprint density at radius 1 is 1.03 bits per heavy atom. The highest BCUT2D eigenvalue weighted by atomic mass is 19.1. The molecule has 0 aliphatic carbocycles. The van der Waals surface area contributed by atoms with E-state index >= 15 is 0 Å². The first-order valence-electron chi connectivity index (χ1n) is 11.5. The Morgan fingerprint density at radius 2 is 1.88 bits per heavy atom. The summed E-state index contributed by atoms with van der Waals surface area (Å²) in [7, 11) is 2.20. The summed E-state index contributed by atoms with van der Waals surface area (Å²) in [4.78, 5) is 2.44. The molecule has 0 N–H and O–H groups in total. The van der Waals surface area contributed by atoms with E-state index in [2.05, 4.69) is 47.8 Å². The molecule has 1 fully saturated rings. The topological polar surface area (TPSA) is 17.4 Å². The van der Waals surface area contributed by atoms with Crippen LogP contribution in [-0.2, 0) is 6.42 Å². The average molecular weight is 427 g/mol. The number of hydrogen-bond acceptors (Lipinski definition) is 2. The number of likely N-dealkylation sites (N-methyl/N-ethyl adjacent to an activating group) is 1. The van der Waals surface area contributed by atoms with Gasteiger partial charge >= 0.3 is 0 Å². The first-order chi connectivity index (χ1) is 15.6. The zero-order valence-corrected chi connectivity index (χ0v) is 18.5. The zero-order chi connectivity index (χ0) is 21.8. The molecule has 1 aromatic heterocycles. The molecule has 1 saturated heterocycles. The van der Waals surface area contributed by atoms with E-state index in [0.29, 0.717) is 6.04 Å². The first kappa shape index (κ1) is 19.6. The summed E-state index contributed by atoms with van der Waals surface area (Å²) in [6.45, 7) is 3.28. The van der Waals surface area contributed by atoms with Gasteiger partial charge in [0.2, 0.25) is 0 Å². The van der Waals surface area contributed by atoms with Crippen LogP contribution in [0.3, 0.4) is 0 Å². The number of ether oxygens (including phenoxy) is 1. The van der Waals surface area contributed by atoms with Gasteiger partial charge in [-0.2, -0.15) is 0 Å². The average Bonchev–Trinajstić information content (AvgIpc) is 3.35. The second kappa shape index (κ2) is 7.49. The molecule has 4 heteroatoms. The highest BCUT2D eigenvalue weighted by Crippen LogP contribution is 2.47. The van der Waals surface area contributed by atoms with Crippen molar-refractivity contribution in [1.29, 1.82) is 0 Å². The van der Waals surface area contributed by atoms with Crippen molar-refractivity contribution in [3.8, 4) is 11.5 Å². The maximum Gasteiger partial charge on any atom is 0.133 e. The number of hydrogen-bond donors (Lipinski definition) is 0. The molecule has 162 valence electrons. The van der Waals surface area contributed by atoms with Crippen molar-refractivity contribution in [3.63, 3.8) is 0 Å². The third-order valence-corrected chi connectivity index (χ3v) is 7.27. The molecule has 0 spiro atoms. The molecule has 6 rings (SSSR count). The Kier molecular flexibility index (Phi) is 4.58. The standard InChI is InChI=1S/C28H27FN2O/c1-18-7-5-11-26-27(18)28(22-9-3-4-10-25(22)32-26)31-17-19(15-21-8-6-14-30(21)2)23-16-20(29)12-13-24(23)31/h3-5,7,9-13,16-17,21,28H,6,8,14-15H2,1-2H3/t21?,28-/m0/s1. The van der Waals surface area contributed by atoms with Crippen molar-refractivity contribution in [2.75, 3.05) is 13.6 Å². The molecule has 2 atom stereocenters. The van der Waals surface area contributed by atoms with Crippen molar-refractivity contribution in [2.24, 2.45) is 0 Å². The molecule has 0 amide bonds. The second-order valence-corrected chi connectivity index (χ2v) is 9.23. The van der Waals surface area contributed by atoms with Crippen LogP contribution < -0.4 is 4.74 Å². The molecule has 32 heavy (non-hydrogen) atoms. The molecule has 2 aliphatic rings. The van der Waals surface area contributed by atoms with Crippen LogP contribution in [0.4, 0.5) is 4.39 Å². The Labute approximate surface area is 188 Å². The Hall–Kier alpha value is -3.11. The summed E-state index contributed by atoms with van der Waals surface area (Å²) >= 11 is 0. The van der Waals surface area contributed by atoms with Crippen LogP contribution in [0, 0.1) is 12.7 Å². The highest BCUT2D eigenvalue weighted by molar-refractivity contribution is 5.85. The monoisotopic (exact) mass is 426 g/mol. The van der Waals surface area contributed by atoms with Crippen molar-refractivity contribution in [1.82, 2.24) is 9.47 Å². The predicted molar refractivity (Wildman–Crippen MR) is 126 cm³/mol. The lowest BCUT2D eigenvalue weighted by Crippen LogP contribution is -2.26. The minimum atomic E-state index is -0.180. The Morgan fingerprint density at radius 3 is 2.72 bits per heavy atom. The first-order valence-corrected chi connectivity index (χ1v) is 11.5. The summed E-state index contributed by atoms with van der Waals surface area (Å²) in [6, 6.07) is 20.2. The van der Waals surface area contributed by atoms with E-state index in [4.69, 9.17) is 4.74 Å².